The number of hydrogen-bond donors (Lipinski definition) is 1. The second-order valence-electron chi connectivity index (χ2n) is 5.36. The average Bonchev–Trinajstić information content (AvgIpc) is 3.11. The molecule has 2 nitrogen and oxygen atoms in total. The minimum absolute atomic E-state index is 0.780. The molecule has 1 aliphatic carbocycles. The van der Waals surface area contributed by atoms with Crippen molar-refractivity contribution in [2.75, 3.05) is 19.0 Å². The van der Waals surface area contributed by atoms with E-state index in [-0.39, 0.29) is 0 Å². The van der Waals surface area contributed by atoms with Gasteiger partial charge in [0.05, 0.1) is 6.61 Å². The molecule has 1 aromatic rings. The second-order valence-corrected chi connectivity index (χ2v) is 6.46. The van der Waals surface area contributed by atoms with Crippen LogP contribution in [0.15, 0.2) is 29.2 Å². The van der Waals surface area contributed by atoms with E-state index >= 15 is 0 Å². The summed E-state index contributed by atoms with van der Waals surface area (Å²) >= 11 is 1.89. The number of benzene rings is 1. The zero-order valence-corrected chi connectivity index (χ0v) is 12.0. The Morgan fingerprint density at radius 2 is 2.00 bits per heavy atom. The van der Waals surface area contributed by atoms with E-state index in [9.17, 15) is 0 Å². The highest BCUT2D eigenvalue weighted by Gasteiger charge is 2.15. The normalized spacial score (nSPS) is 22.2. The maximum atomic E-state index is 5.88. The van der Waals surface area contributed by atoms with Crippen LogP contribution in [0.4, 0.5) is 0 Å². The predicted octanol–water partition coefficient (Wildman–Crippen LogP) is 3.89. The summed E-state index contributed by atoms with van der Waals surface area (Å²) in [6.45, 7) is 1.89. The van der Waals surface area contributed by atoms with Gasteiger partial charge in [-0.15, -0.1) is 11.8 Å². The van der Waals surface area contributed by atoms with Gasteiger partial charge in [0.15, 0.2) is 0 Å². The van der Waals surface area contributed by atoms with Gasteiger partial charge in [0.2, 0.25) is 0 Å². The molecule has 0 unspecified atom stereocenters. The van der Waals surface area contributed by atoms with E-state index in [1.54, 1.807) is 0 Å². The molecular formula is C16H21NOS. The lowest BCUT2D eigenvalue weighted by molar-refractivity contribution is 0.252. The van der Waals surface area contributed by atoms with Gasteiger partial charge in [-0.3, -0.25) is 0 Å². The first-order chi connectivity index (χ1) is 9.40. The molecule has 1 aliphatic heterocycles. The average molecular weight is 275 g/mol. The molecule has 0 spiro atoms. The number of thioether (sulfide) groups is 1. The Labute approximate surface area is 119 Å². The van der Waals surface area contributed by atoms with E-state index in [1.165, 1.54) is 36.2 Å². The van der Waals surface area contributed by atoms with Crippen molar-refractivity contribution < 1.29 is 4.74 Å². The monoisotopic (exact) mass is 275 g/mol. The Hall–Kier alpha value is -0.930. The van der Waals surface area contributed by atoms with Crippen molar-refractivity contribution in [1.29, 1.82) is 0 Å². The van der Waals surface area contributed by atoms with Crippen LogP contribution in [-0.4, -0.2) is 19.0 Å². The zero-order chi connectivity index (χ0) is 12.9. The second kappa shape index (κ2) is 6.49. The third-order valence-corrected chi connectivity index (χ3v) is 4.81. The fourth-order valence-corrected chi connectivity index (χ4v) is 3.51. The first kappa shape index (κ1) is 13.1. The number of nitrogens with one attached hydrogen (secondary N) is 1. The van der Waals surface area contributed by atoms with Crippen molar-refractivity contribution in [3.63, 3.8) is 0 Å². The standard InChI is InChI=1S/C16H21NOS/c1-2-4-14(3-1)11-18-15-7-5-13(6-8-15)9-16-10-17-12-19-16/h5-9,14,17H,1-4,10-12H2. The smallest absolute Gasteiger partial charge is 0.119 e. The Bertz CT molecular complexity index is 427. The van der Waals surface area contributed by atoms with Crippen LogP contribution < -0.4 is 10.1 Å². The van der Waals surface area contributed by atoms with Gasteiger partial charge < -0.3 is 10.1 Å². The first-order valence-electron chi connectivity index (χ1n) is 7.17. The van der Waals surface area contributed by atoms with Crippen LogP contribution in [0.2, 0.25) is 0 Å². The first-order valence-corrected chi connectivity index (χ1v) is 8.16. The number of hydrogen-bond acceptors (Lipinski definition) is 3. The Morgan fingerprint density at radius 3 is 2.68 bits per heavy atom. The molecule has 19 heavy (non-hydrogen) atoms. The number of ether oxygens (including phenoxy) is 1. The van der Waals surface area contributed by atoms with E-state index in [2.05, 4.69) is 35.7 Å². The molecule has 1 saturated heterocycles. The summed E-state index contributed by atoms with van der Waals surface area (Å²) in [6.07, 6.45) is 7.70. The molecule has 1 saturated carbocycles. The molecule has 3 heteroatoms. The molecule has 1 aromatic carbocycles. The van der Waals surface area contributed by atoms with Crippen LogP contribution in [0.3, 0.4) is 0 Å². The SMILES string of the molecule is C(=C1CNCS1)c1ccc(OCC2CCCC2)cc1. The van der Waals surface area contributed by atoms with Gasteiger partial charge in [-0.2, -0.15) is 0 Å². The molecule has 2 aliphatic rings. The quantitative estimate of drug-likeness (QED) is 0.900. The number of rotatable bonds is 4. The maximum absolute atomic E-state index is 5.88. The molecule has 0 amide bonds. The van der Waals surface area contributed by atoms with Crippen molar-refractivity contribution in [3.05, 3.63) is 34.7 Å². The van der Waals surface area contributed by atoms with Crippen LogP contribution in [-0.2, 0) is 0 Å². The fraction of sp³-hybridized carbons (Fsp3) is 0.500. The van der Waals surface area contributed by atoms with Gasteiger partial charge in [-0.1, -0.05) is 25.0 Å². The van der Waals surface area contributed by atoms with Crippen molar-refractivity contribution >= 4 is 17.8 Å². The Balaban J connectivity index is 1.54. The molecule has 102 valence electrons. The van der Waals surface area contributed by atoms with Crippen molar-refractivity contribution in [2.24, 2.45) is 5.92 Å². The molecule has 1 N–H and O–H groups in total. The van der Waals surface area contributed by atoms with Gasteiger partial charge in [0, 0.05) is 17.3 Å². The molecule has 0 aromatic heterocycles. The van der Waals surface area contributed by atoms with Crippen molar-refractivity contribution in [3.8, 4) is 5.75 Å². The van der Waals surface area contributed by atoms with Crippen LogP contribution in [0.1, 0.15) is 31.2 Å². The fourth-order valence-electron chi connectivity index (χ4n) is 2.70. The van der Waals surface area contributed by atoms with Crippen molar-refractivity contribution in [2.45, 2.75) is 25.7 Å². The van der Waals surface area contributed by atoms with E-state index in [0.29, 0.717) is 0 Å². The highest BCUT2D eigenvalue weighted by molar-refractivity contribution is 8.03. The summed E-state index contributed by atoms with van der Waals surface area (Å²) in [5.74, 6) is 2.82. The molecule has 1 heterocycles. The lowest BCUT2D eigenvalue weighted by Gasteiger charge is -2.11. The molecular weight excluding hydrogens is 254 g/mol. The van der Waals surface area contributed by atoms with Gasteiger partial charge >= 0.3 is 0 Å². The van der Waals surface area contributed by atoms with E-state index < -0.39 is 0 Å². The summed E-state index contributed by atoms with van der Waals surface area (Å²) in [6, 6.07) is 8.48. The van der Waals surface area contributed by atoms with Gasteiger partial charge in [-0.05, 0) is 42.5 Å². The maximum Gasteiger partial charge on any atom is 0.119 e. The minimum Gasteiger partial charge on any atom is -0.493 e. The largest absolute Gasteiger partial charge is 0.493 e. The van der Waals surface area contributed by atoms with Gasteiger partial charge in [0.1, 0.15) is 5.75 Å². The summed E-state index contributed by atoms with van der Waals surface area (Å²) in [4.78, 5) is 1.42. The zero-order valence-electron chi connectivity index (χ0n) is 11.2. The molecule has 0 bridgehead atoms. The lowest BCUT2D eigenvalue weighted by Crippen LogP contribution is -2.07. The van der Waals surface area contributed by atoms with Crippen LogP contribution in [0.5, 0.6) is 5.75 Å². The van der Waals surface area contributed by atoms with E-state index in [4.69, 9.17) is 4.74 Å². The topological polar surface area (TPSA) is 21.3 Å². The molecule has 0 radical (unpaired) electrons. The van der Waals surface area contributed by atoms with Crippen LogP contribution >= 0.6 is 11.8 Å². The Kier molecular flexibility index (Phi) is 4.46. The third-order valence-electron chi connectivity index (χ3n) is 3.83. The minimum atomic E-state index is 0.780. The van der Waals surface area contributed by atoms with E-state index in [1.807, 2.05) is 11.8 Å². The predicted molar refractivity (Wildman–Crippen MR) is 82.3 cm³/mol. The van der Waals surface area contributed by atoms with E-state index in [0.717, 1.165) is 30.7 Å². The van der Waals surface area contributed by atoms with Gasteiger partial charge in [-0.25, -0.2) is 0 Å². The summed E-state index contributed by atoms with van der Waals surface area (Å²) < 4.78 is 5.88. The highest BCUT2D eigenvalue weighted by Crippen LogP contribution is 2.26. The highest BCUT2D eigenvalue weighted by atomic mass is 32.2. The summed E-state index contributed by atoms with van der Waals surface area (Å²) in [5, 5.41) is 3.33. The van der Waals surface area contributed by atoms with Gasteiger partial charge in [0.25, 0.3) is 0 Å². The van der Waals surface area contributed by atoms with Crippen LogP contribution in [0, 0.1) is 5.92 Å². The molecule has 2 fully saturated rings. The lowest BCUT2D eigenvalue weighted by atomic mass is 10.1. The molecule has 0 atom stereocenters. The molecule has 3 rings (SSSR count). The summed E-state index contributed by atoms with van der Waals surface area (Å²) in [7, 11) is 0. The Morgan fingerprint density at radius 1 is 1.21 bits per heavy atom. The summed E-state index contributed by atoms with van der Waals surface area (Å²) in [5.41, 5.74) is 1.26. The van der Waals surface area contributed by atoms with Crippen LogP contribution in [0.25, 0.3) is 6.08 Å². The van der Waals surface area contributed by atoms with Crippen molar-refractivity contribution in [1.82, 2.24) is 5.32 Å². The third kappa shape index (κ3) is 3.77.